The van der Waals surface area contributed by atoms with Crippen LogP contribution in [0, 0.1) is 0 Å². The number of hydrogen-bond acceptors (Lipinski definition) is 4. The first kappa shape index (κ1) is 25.3. The molecule has 1 aromatic heterocycles. The lowest BCUT2D eigenvalue weighted by Gasteiger charge is -2.37. The highest BCUT2D eigenvalue weighted by Crippen LogP contribution is 2.29. The van der Waals surface area contributed by atoms with E-state index in [0.717, 1.165) is 74.6 Å². The van der Waals surface area contributed by atoms with Crippen molar-refractivity contribution in [1.29, 1.82) is 0 Å². The fourth-order valence-electron chi connectivity index (χ4n) is 5.94. The summed E-state index contributed by atoms with van der Waals surface area (Å²) in [5, 5.41) is 0. The van der Waals surface area contributed by atoms with Gasteiger partial charge in [-0.2, -0.15) is 0 Å². The van der Waals surface area contributed by atoms with Crippen molar-refractivity contribution in [2.24, 2.45) is 0 Å². The Morgan fingerprint density at radius 3 is 2.00 bits per heavy atom. The van der Waals surface area contributed by atoms with Gasteiger partial charge in [-0.3, -0.25) is 14.7 Å². The van der Waals surface area contributed by atoms with E-state index in [4.69, 9.17) is 4.98 Å². The lowest BCUT2D eigenvalue weighted by molar-refractivity contribution is 0.0725. The second-order valence-corrected chi connectivity index (χ2v) is 10.6. The molecule has 0 saturated carbocycles. The Balaban J connectivity index is 1.08. The summed E-state index contributed by atoms with van der Waals surface area (Å²) < 4.78 is 0. The molecule has 3 heterocycles. The molecular formula is C34H36N4O. The minimum Gasteiger partial charge on any atom is -0.368 e. The molecule has 0 spiro atoms. The summed E-state index contributed by atoms with van der Waals surface area (Å²) in [6, 6.07) is 34.1. The molecule has 6 rings (SSSR count). The van der Waals surface area contributed by atoms with E-state index in [1.165, 1.54) is 11.1 Å². The number of amides is 1. The Bertz CT molecular complexity index is 1330. The average molecular weight is 517 g/mol. The maximum Gasteiger partial charge on any atom is 0.256 e. The number of aromatic nitrogens is 1. The number of piperazine rings is 1. The second-order valence-electron chi connectivity index (χ2n) is 10.6. The SMILES string of the molecule is O=C1c2cc(N3CCN(CCC(c4ccccc4)c4ccccc4)CC3)cnc2CCN1Cc1ccccc1. The van der Waals surface area contributed by atoms with Crippen LogP contribution in [0.5, 0.6) is 0 Å². The van der Waals surface area contributed by atoms with Gasteiger partial charge in [0.2, 0.25) is 0 Å². The van der Waals surface area contributed by atoms with Crippen molar-refractivity contribution in [3.63, 3.8) is 0 Å². The van der Waals surface area contributed by atoms with Gasteiger partial charge < -0.3 is 9.80 Å². The molecule has 1 amide bonds. The number of benzene rings is 3. The van der Waals surface area contributed by atoms with Crippen molar-refractivity contribution in [3.8, 4) is 0 Å². The molecule has 39 heavy (non-hydrogen) atoms. The van der Waals surface area contributed by atoms with E-state index in [0.29, 0.717) is 12.5 Å². The highest BCUT2D eigenvalue weighted by atomic mass is 16.2. The minimum absolute atomic E-state index is 0.0981. The van der Waals surface area contributed by atoms with Gasteiger partial charge in [-0.15, -0.1) is 0 Å². The van der Waals surface area contributed by atoms with E-state index in [9.17, 15) is 4.79 Å². The van der Waals surface area contributed by atoms with Crippen LogP contribution in [0.25, 0.3) is 0 Å². The van der Waals surface area contributed by atoms with Crippen LogP contribution < -0.4 is 4.90 Å². The van der Waals surface area contributed by atoms with Gasteiger partial charge in [0.25, 0.3) is 5.91 Å². The molecular weight excluding hydrogens is 480 g/mol. The summed E-state index contributed by atoms with van der Waals surface area (Å²) in [6.45, 7) is 6.36. The van der Waals surface area contributed by atoms with E-state index in [-0.39, 0.29) is 5.91 Å². The molecule has 0 atom stereocenters. The third-order valence-corrected chi connectivity index (χ3v) is 8.18. The zero-order valence-corrected chi connectivity index (χ0v) is 22.5. The van der Waals surface area contributed by atoms with Crippen LogP contribution >= 0.6 is 0 Å². The minimum atomic E-state index is 0.0981. The van der Waals surface area contributed by atoms with Crippen molar-refractivity contribution >= 4 is 11.6 Å². The molecule has 1 fully saturated rings. The van der Waals surface area contributed by atoms with Gasteiger partial charge in [0.1, 0.15) is 0 Å². The predicted molar refractivity (Wildman–Crippen MR) is 157 cm³/mol. The number of carbonyl (C=O) groups is 1. The molecule has 0 unspecified atom stereocenters. The van der Waals surface area contributed by atoms with Gasteiger partial charge in [-0.25, -0.2) is 0 Å². The molecule has 5 nitrogen and oxygen atoms in total. The Hall–Kier alpha value is -3.96. The Morgan fingerprint density at radius 1 is 0.744 bits per heavy atom. The van der Waals surface area contributed by atoms with Crippen molar-refractivity contribution in [2.75, 3.05) is 44.2 Å². The third-order valence-electron chi connectivity index (χ3n) is 8.18. The summed E-state index contributed by atoms with van der Waals surface area (Å²) in [4.78, 5) is 25.0. The Morgan fingerprint density at radius 2 is 1.36 bits per heavy atom. The lowest BCUT2D eigenvalue weighted by Crippen LogP contribution is -2.47. The Labute approximate surface area is 231 Å². The molecule has 0 aliphatic carbocycles. The number of carbonyl (C=O) groups excluding carboxylic acids is 1. The number of hydrogen-bond donors (Lipinski definition) is 0. The van der Waals surface area contributed by atoms with Gasteiger partial charge in [0, 0.05) is 51.6 Å². The molecule has 0 N–H and O–H groups in total. The van der Waals surface area contributed by atoms with Crippen molar-refractivity contribution in [3.05, 3.63) is 131 Å². The monoisotopic (exact) mass is 516 g/mol. The van der Waals surface area contributed by atoms with Crippen molar-refractivity contribution in [2.45, 2.75) is 25.3 Å². The molecule has 1 saturated heterocycles. The average Bonchev–Trinajstić information content (AvgIpc) is 3.01. The van der Waals surface area contributed by atoms with Gasteiger partial charge in [0.15, 0.2) is 0 Å². The maximum atomic E-state index is 13.4. The molecule has 2 aliphatic heterocycles. The second kappa shape index (κ2) is 11.8. The zero-order chi connectivity index (χ0) is 26.4. The number of rotatable bonds is 8. The van der Waals surface area contributed by atoms with Crippen LogP contribution in [-0.4, -0.2) is 60.0 Å². The van der Waals surface area contributed by atoms with Crippen LogP contribution in [0.1, 0.15) is 45.1 Å². The number of pyridine rings is 1. The first-order chi connectivity index (χ1) is 19.2. The van der Waals surface area contributed by atoms with Gasteiger partial charge in [-0.1, -0.05) is 91.0 Å². The molecule has 0 bridgehead atoms. The summed E-state index contributed by atoms with van der Waals surface area (Å²) in [5.74, 6) is 0.501. The lowest BCUT2D eigenvalue weighted by atomic mass is 9.88. The quantitative estimate of drug-likeness (QED) is 0.305. The van der Waals surface area contributed by atoms with Crippen molar-refractivity contribution < 1.29 is 4.79 Å². The highest BCUT2D eigenvalue weighted by molar-refractivity contribution is 5.97. The zero-order valence-electron chi connectivity index (χ0n) is 22.5. The fraction of sp³-hybridized carbons (Fsp3) is 0.294. The molecule has 4 aromatic rings. The standard InChI is InChI=1S/C34H36N4O/c39-34-32-24-30(25-35-33(32)17-19-38(34)26-27-10-4-1-5-11-27)37-22-20-36(21-23-37)18-16-31(28-12-6-2-7-13-28)29-14-8-3-9-15-29/h1-15,24-25,31H,16-23,26H2. The smallest absolute Gasteiger partial charge is 0.256 e. The first-order valence-corrected chi connectivity index (χ1v) is 14.1. The van der Waals surface area contributed by atoms with Gasteiger partial charge in [-0.05, 0) is 35.7 Å². The normalized spacial score (nSPS) is 16.0. The topological polar surface area (TPSA) is 39.7 Å². The van der Waals surface area contributed by atoms with E-state index < -0.39 is 0 Å². The summed E-state index contributed by atoms with van der Waals surface area (Å²) in [6.07, 6.45) is 3.88. The van der Waals surface area contributed by atoms with Crippen LogP contribution in [0.15, 0.2) is 103 Å². The van der Waals surface area contributed by atoms with E-state index in [1.807, 2.05) is 29.3 Å². The first-order valence-electron chi connectivity index (χ1n) is 14.1. The third kappa shape index (κ3) is 5.89. The summed E-state index contributed by atoms with van der Waals surface area (Å²) >= 11 is 0. The summed E-state index contributed by atoms with van der Waals surface area (Å²) in [7, 11) is 0. The van der Waals surface area contributed by atoms with Crippen molar-refractivity contribution in [1.82, 2.24) is 14.8 Å². The molecule has 3 aromatic carbocycles. The predicted octanol–water partition coefficient (Wildman–Crippen LogP) is 5.62. The fourth-order valence-corrected chi connectivity index (χ4v) is 5.94. The number of anilines is 1. The van der Waals surface area contributed by atoms with Crippen LogP contribution in [0.3, 0.4) is 0 Å². The molecule has 0 radical (unpaired) electrons. The van der Waals surface area contributed by atoms with Crippen LogP contribution in [0.4, 0.5) is 5.69 Å². The molecule has 5 heteroatoms. The highest BCUT2D eigenvalue weighted by Gasteiger charge is 2.27. The van der Waals surface area contributed by atoms with E-state index in [1.54, 1.807) is 0 Å². The number of fused-ring (bicyclic) bond motifs is 1. The maximum absolute atomic E-state index is 13.4. The largest absolute Gasteiger partial charge is 0.368 e. The molecule has 198 valence electrons. The van der Waals surface area contributed by atoms with E-state index in [2.05, 4.69) is 88.7 Å². The van der Waals surface area contributed by atoms with Crippen LogP contribution in [0.2, 0.25) is 0 Å². The van der Waals surface area contributed by atoms with Gasteiger partial charge >= 0.3 is 0 Å². The van der Waals surface area contributed by atoms with Crippen LogP contribution in [-0.2, 0) is 13.0 Å². The Kier molecular flexibility index (Phi) is 7.68. The van der Waals surface area contributed by atoms with Gasteiger partial charge in [0.05, 0.1) is 23.1 Å². The molecule has 2 aliphatic rings. The van der Waals surface area contributed by atoms with E-state index >= 15 is 0 Å². The number of nitrogens with zero attached hydrogens (tertiary/aromatic N) is 4. The summed E-state index contributed by atoms with van der Waals surface area (Å²) in [5.41, 5.74) is 6.69.